The van der Waals surface area contributed by atoms with E-state index in [1.807, 2.05) is 0 Å². The van der Waals surface area contributed by atoms with Gasteiger partial charge in [0.25, 0.3) is 0 Å². The third-order valence-corrected chi connectivity index (χ3v) is 4.41. The van der Waals surface area contributed by atoms with Crippen LogP contribution in [0.1, 0.15) is 23.7 Å². The zero-order chi connectivity index (χ0) is 20.6. The molecule has 1 N–H and O–H groups in total. The molecule has 1 atom stereocenters. The zero-order valence-corrected chi connectivity index (χ0v) is 14.6. The smallest absolute Gasteiger partial charge is 0.416 e. The summed E-state index contributed by atoms with van der Waals surface area (Å²) in [5.41, 5.74) is -0.480. The van der Waals surface area contributed by atoms with E-state index >= 15 is 0 Å². The quantitative estimate of drug-likeness (QED) is 0.637. The maximum Gasteiger partial charge on any atom is 0.416 e. The molecule has 3 rings (SSSR count). The number of aliphatic carboxylic acids is 1. The van der Waals surface area contributed by atoms with Gasteiger partial charge in [0.2, 0.25) is 0 Å². The number of aromatic nitrogens is 2. The Kier molecular flexibility index (Phi) is 5.10. The second-order valence-electron chi connectivity index (χ2n) is 6.51. The molecule has 0 amide bonds. The first-order chi connectivity index (χ1) is 13.1. The average molecular weight is 398 g/mol. The standard InChI is InChI=1S/C19H15F5N2O2/c1-10(18(27)28)6-16-14-5-3-12(19(22,23)24)7-17(14)26(25-16)9-11-2-4-13(20)8-15(11)21/h2-5,7-8,10H,6,9H2,1H3,(H,27,28). The Morgan fingerprint density at radius 2 is 1.89 bits per heavy atom. The highest BCUT2D eigenvalue weighted by Crippen LogP contribution is 2.33. The van der Waals surface area contributed by atoms with E-state index in [1.54, 1.807) is 0 Å². The Morgan fingerprint density at radius 1 is 1.18 bits per heavy atom. The Morgan fingerprint density at radius 3 is 2.50 bits per heavy atom. The normalized spacial score (nSPS) is 13.1. The number of carboxylic acid groups (broad SMARTS) is 1. The van der Waals surface area contributed by atoms with Crippen LogP contribution < -0.4 is 0 Å². The predicted molar refractivity (Wildman–Crippen MR) is 90.7 cm³/mol. The molecule has 28 heavy (non-hydrogen) atoms. The molecule has 4 nitrogen and oxygen atoms in total. The monoisotopic (exact) mass is 398 g/mol. The summed E-state index contributed by atoms with van der Waals surface area (Å²) in [7, 11) is 0. The van der Waals surface area contributed by atoms with Gasteiger partial charge in [0.15, 0.2) is 0 Å². The van der Waals surface area contributed by atoms with Crippen LogP contribution in [0, 0.1) is 17.6 Å². The summed E-state index contributed by atoms with van der Waals surface area (Å²) in [6, 6.07) is 5.91. The van der Waals surface area contributed by atoms with E-state index < -0.39 is 35.3 Å². The largest absolute Gasteiger partial charge is 0.481 e. The number of nitrogens with zero attached hydrogens (tertiary/aromatic N) is 2. The molecule has 0 saturated heterocycles. The molecule has 3 aromatic rings. The van der Waals surface area contributed by atoms with Crippen molar-refractivity contribution in [2.24, 2.45) is 5.92 Å². The van der Waals surface area contributed by atoms with Crippen LogP contribution in [0.25, 0.3) is 10.9 Å². The molecule has 0 radical (unpaired) electrons. The summed E-state index contributed by atoms with van der Waals surface area (Å²) in [5.74, 6) is -3.51. The highest BCUT2D eigenvalue weighted by Gasteiger charge is 2.31. The van der Waals surface area contributed by atoms with Crippen LogP contribution in [-0.2, 0) is 23.9 Å². The molecule has 9 heteroatoms. The fraction of sp³-hybridized carbons (Fsp3) is 0.263. The summed E-state index contributed by atoms with van der Waals surface area (Å²) in [4.78, 5) is 11.1. The van der Waals surface area contributed by atoms with Gasteiger partial charge < -0.3 is 5.11 Å². The van der Waals surface area contributed by atoms with Gasteiger partial charge in [-0.05, 0) is 18.2 Å². The van der Waals surface area contributed by atoms with Crippen LogP contribution in [0.3, 0.4) is 0 Å². The van der Waals surface area contributed by atoms with Crippen molar-refractivity contribution in [3.63, 3.8) is 0 Å². The van der Waals surface area contributed by atoms with E-state index in [4.69, 9.17) is 5.11 Å². The molecule has 1 heterocycles. The minimum absolute atomic E-state index is 0.00387. The molecular formula is C19H15F5N2O2. The van der Waals surface area contributed by atoms with Gasteiger partial charge in [-0.3, -0.25) is 9.48 Å². The molecule has 2 aromatic carbocycles. The minimum atomic E-state index is -4.58. The summed E-state index contributed by atoms with van der Waals surface area (Å²) >= 11 is 0. The molecule has 0 aliphatic carbocycles. The van der Waals surface area contributed by atoms with Gasteiger partial charge in [-0.2, -0.15) is 18.3 Å². The number of rotatable bonds is 5. The lowest BCUT2D eigenvalue weighted by Gasteiger charge is -2.09. The van der Waals surface area contributed by atoms with Crippen molar-refractivity contribution in [2.45, 2.75) is 26.1 Å². The Bertz CT molecular complexity index is 1040. The van der Waals surface area contributed by atoms with Crippen molar-refractivity contribution in [2.75, 3.05) is 0 Å². The zero-order valence-electron chi connectivity index (χ0n) is 14.6. The lowest BCUT2D eigenvalue weighted by molar-refractivity contribution is -0.141. The fourth-order valence-corrected chi connectivity index (χ4v) is 2.88. The van der Waals surface area contributed by atoms with E-state index in [0.717, 1.165) is 18.2 Å². The SMILES string of the molecule is CC(Cc1nn(Cc2ccc(F)cc2F)c2cc(C(F)(F)F)ccc12)C(=O)O. The molecule has 0 saturated carbocycles. The second-order valence-corrected chi connectivity index (χ2v) is 6.51. The van der Waals surface area contributed by atoms with Crippen molar-refractivity contribution in [3.8, 4) is 0 Å². The number of benzene rings is 2. The molecule has 1 aromatic heterocycles. The lowest BCUT2D eigenvalue weighted by Crippen LogP contribution is -2.13. The van der Waals surface area contributed by atoms with Crippen molar-refractivity contribution in [3.05, 3.63) is 64.9 Å². The maximum atomic E-state index is 14.0. The molecule has 1 unspecified atom stereocenters. The van der Waals surface area contributed by atoms with Gasteiger partial charge in [0, 0.05) is 23.4 Å². The van der Waals surface area contributed by atoms with Gasteiger partial charge >= 0.3 is 12.1 Å². The number of alkyl halides is 3. The van der Waals surface area contributed by atoms with Crippen LogP contribution in [0.4, 0.5) is 22.0 Å². The van der Waals surface area contributed by atoms with Gasteiger partial charge in [-0.25, -0.2) is 8.78 Å². The first kappa shape index (κ1) is 19.8. The number of hydrogen-bond donors (Lipinski definition) is 1. The third kappa shape index (κ3) is 3.97. The van der Waals surface area contributed by atoms with E-state index in [0.29, 0.717) is 17.1 Å². The summed E-state index contributed by atoms with van der Waals surface area (Å²) in [6.45, 7) is 1.22. The summed E-state index contributed by atoms with van der Waals surface area (Å²) < 4.78 is 67.6. The van der Waals surface area contributed by atoms with Crippen LogP contribution in [0.2, 0.25) is 0 Å². The second kappa shape index (κ2) is 7.21. The highest BCUT2D eigenvalue weighted by molar-refractivity contribution is 5.83. The van der Waals surface area contributed by atoms with Crippen molar-refractivity contribution < 1.29 is 31.9 Å². The highest BCUT2D eigenvalue weighted by atomic mass is 19.4. The topological polar surface area (TPSA) is 55.1 Å². The van der Waals surface area contributed by atoms with Crippen molar-refractivity contribution in [1.29, 1.82) is 0 Å². The molecular weight excluding hydrogens is 383 g/mol. The third-order valence-electron chi connectivity index (χ3n) is 4.41. The average Bonchev–Trinajstić information content (AvgIpc) is 2.93. The number of carboxylic acids is 1. The number of halogens is 5. The molecule has 148 valence electrons. The van der Waals surface area contributed by atoms with Gasteiger partial charge in [0.1, 0.15) is 11.6 Å². The first-order valence-electron chi connectivity index (χ1n) is 8.29. The van der Waals surface area contributed by atoms with Crippen LogP contribution in [0.5, 0.6) is 0 Å². The maximum absolute atomic E-state index is 14.0. The molecule has 0 aliphatic heterocycles. The number of carbonyl (C=O) groups is 1. The first-order valence-corrected chi connectivity index (χ1v) is 8.29. The Hall–Kier alpha value is -2.97. The number of hydrogen-bond acceptors (Lipinski definition) is 2. The van der Waals surface area contributed by atoms with E-state index in [9.17, 15) is 26.7 Å². The number of fused-ring (bicyclic) bond motifs is 1. The van der Waals surface area contributed by atoms with Crippen molar-refractivity contribution >= 4 is 16.9 Å². The summed E-state index contributed by atoms with van der Waals surface area (Å²) in [6.07, 6.45) is -4.59. The molecule has 0 bridgehead atoms. The minimum Gasteiger partial charge on any atom is -0.481 e. The van der Waals surface area contributed by atoms with E-state index in [1.165, 1.54) is 23.7 Å². The fourth-order valence-electron chi connectivity index (χ4n) is 2.88. The summed E-state index contributed by atoms with van der Waals surface area (Å²) in [5, 5.41) is 13.7. The molecule has 0 aliphatic rings. The van der Waals surface area contributed by atoms with Gasteiger partial charge in [0.05, 0.1) is 29.2 Å². The molecule has 0 fully saturated rings. The van der Waals surface area contributed by atoms with Crippen molar-refractivity contribution in [1.82, 2.24) is 9.78 Å². The van der Waals surface area contributed by atoms with Crippen LogP contribution in [0.15, 0.2) is 36.4 Å². The van der Waals surface area contributed by atoms with Gasteiger partial charge in [-0.1, -0.05) is 19.1 Å². The Labute approximate surface area is 156 Å². The van der Waals surface area contributed by atoms with E-state index in [2.05, 4.69) is 5.10 Å². The molecule has 0 spiro atoms. The Balaban J connectivity index is 2.11. The van der Waals surface area contributed by atoms with E-state index in [-0.39, 0.29) is 24.0 Å². The van der Waals surface area contributed by atoms with Crippen LogP contribution in [-0.4, -0.2) is 20.9 Å². The predicted octanol–water partition coefficient (Wildman–Crippen LogP) is 4.64. The van der Waals surface area contributed by atoms with Gasteiger partial charge in [-0.15, -0.1) is 0 Å². The van der Waals surface area contributed by atoms with Crippen LogP contribution >= 0.6 is 0 Å². The lowest BCUT2D eigenvalue weighted by atomic mass is 10.0.